The zero-order chi connectivity index (χ0) is 15.7. The molecule has 0 unspecified atom stereocenters. The standard InChI is InChI=1S/C18H13FO3/c19-15-6-1-11(2-7-15)9-13-4-3-12-10-14(18(21)22)5-8-16(12)17(13)20/h1-2,5-10H,3-4H2,(H,21,22)/b13-9-. The van der Waals surface area contributed by atoms with Crippen LogP contribution in [0.3, 0.4) is 0 Å². The number of ketones is 1. The number of rotatable bonds is 2. The highest BCUT2D eigenvalue weighted by Gasteiger charge is 2.22. The van der Waals surface area contributed by atoms with Gasteiger partial charge in [-0.15, -0.1) is 0 Å². The third-order valence-electron chi connectivity index (χ3n) is 3.76. The zero-order valence-corrected chi connectivity index (χ0v) is 11.7. The lowest BCUT2D eigenvalue weighted by atomic mass is 9.85. The lowest BCUT2D eigenvalue weighted by molar-refractivity contribution is 0.0696. The van der Waals surface area contributed by atoms with Gasteiger partial charge in [0.05, 0.1) is 5.56 Å². The van der Waals surface area contributed by atoms with E-state index in [9.17, 15) is 14.0 Å². The molecule has 1 aliphatic rings. The summed E-state index contributed by atoms with van der Waals surface area (Å²) in [6, 6.07) is 10.5. The number of benzene rings is 2. The van der Waals surface area contributed by atoms with Crippen LogP contribution in [-0.2, 0) is 6.42 Å². The summed E-state index contributed by atoms with van der Waals surface area (Å²) in [5, 5.41) is 8.99. The molecule has 0 heterocycles. The zero-order valence-electron chi connectivity index (χ0n) is 11.7. The van der Waals surface area contributed by atoms with Gasteiger partial charge >= 0.3 is 5.97 Å². The van der Waals surface area contributed by atoms with Gasteiger partial charge in [-0.3, -0.25) is 4.79 Å². The fraction of sp³-hybridized carbons (Fsp3) is 0.111. The van der Waals surface area contributed by atoms with Gasteiger partial charge in [-0.1, -0.05) is 12.1 Å². The first-order chi connectivity index (χ1) is 10.5. The van der Waals surface area contributed by atoms with E-state index in [1.165, 1.54) is 18.2 Å². The number of hydrogen-bond donors (Lipinski definition) is 1. The van der Waals surface area contributed by atoms with Gasteiger partial charge in [0.15, 0.2) is 5.78 Å². The van der Waals surface area contributed by atoms with Gasteiger partial charge in [0, 0.05) is 11.1 Å². The highest BCUT2D eigenvalue weighted by atomic mass is 19.1. The number of allylic oxidation sites excluding steroid dienone is 1. The first kappa shape index (κ1) is 14.2. The maximum Gasteiger partial charge on any atom is 0.335 e. The van der Waals surface area contributed by atoms with Crippen LogP contribution < -0.4 is 0 Å². The Hall–Kier alpha value is -2.75. The number of carbonyl (C=O) groups is 2. The molecule has 0 saturated carbocycles. The molecule has 1 N–H and O–H groups in total. The molecule has 1 aliphatic carbocycles. The van der Waals surface area contributed by atoms with Crippen molar-refractivity contribution in [1.29, 1.82) is 0 Å². The molecule has 0 atom stereocenters. The van der Waals surface area contributed by atoms with Crippen molar-refractivity contribution in [3.63, 3.8) is 0 Å². The Morgan fingerprint density at radius 2 is 1.82 bits per heavy atom. The summed E-state index contributed by atoms with van der Waals surface area (Å²) < 4.78 is 12.9. The van der Waals surface area contributed by atoms with Crippen molar-refractivity contribution in [2.75, 3.05) is 0 Å². The monoisotopic (exact) mass is 296 g/mol. The second-order valence-electron chi connectivity index (χ2n) is 5.23. The van der Waals surface area contributed by atoms with Crippen molar-refractivity contribution in [3.05, 3.63) is 76.1 Å². The fourth-order valence-corrected chi connectivity index (χ4v) is 2.61. The molecule has 0 bridgehead atoms. The predicted octanol–water partition coefficient (Wildman–Crippen LogP) is 3.74. The van der Waals surface area contributed by atoms with Gasteiger partial charge in [-0.05, 0) is 60.4 Å². The molecular formula is C18H13FO3. The number of carboxylic acid groups (broad SMARTS) is 1. The molecule has 2 aromatic rings. The van der Waals surface area contributed by atoms with Crippen molar-refractivity contribution >= 4 is 17.8 Å². The summed E-state index contributed by atoms with van der Waals surface area (Å²) in [6.07, 6.45) is 2.93. The maximum atomic E-state index is 12.9. The van der Waals surface area contributed by atoms with Crippen molar-refractivity contribution in [3.8, 4) is 0 Å². The molecule has 2 aromatic carbocycles. The summed E-state index contributed by atoms with van der Waals surface area (Å²) in [7, 11) is 0. The van der Waals surface area contributed by atoms with Gasteiger partial charge in [-0.25, -0.2) is 9.18 Å². The Kier molecular flexibility index (Phi) is 3.59. The summed E-state index contributed by atoms with van der Waals surface area (Å²) in [6.45, 7) is 0. The van der Waals surface area contributed by atoms with Gasteiger partial charge in [0.2, 0.25) is 0 Å². The van der Waals surface area contributed by atoms with E-state index in [0.29, 0.717) is 24.0 Å². The summed E-state index contributed by atoms with van der Waals surface area (Å²) in [5.41, 5.74) is 2.93. The highest BCUT2D eigenvalue weighted by Crippen LogP contribution is 2.27. The molecule has 0 aliphatic heterocycles. The van der Waals surface area contributed by atoms with Gasteiger partial charge in [-0.2, -0.15) is 0 Å². The van der Waals surface area contributed by atoms with E-state index in [-0.39, 0.29) is 17.2 Å². The average Bonchev–Trinajstić information content (AvgIpc) is 2.52. The molecule has 110 valence electrons. The second kappa shape index (κ2) is 5.56. The van der Waals surface area contributed by atoms with Crippen LogP contribution in [0.15, 0.2) is 48.0 Å². The number of carbonyl (C=O) groups excluding carboxylic acids is 1. The molecule has 22 heavy (non-hydrogen) atoms. The highest BCUT2D eigenvalue weighted by molar-refractivity contribution is 6.13. The topological polar surface area (TPSA) is 54.4 Å². The number of aromatic carboxylic acids is 1. The molecule has 3 rings (SSSR count). The maximum absolute atomic E-state index is 12.9. The lowest BCUT2D eigenvalue weighted by Gasteiger charge is -2.18. The quantitative estimate of drug-likeness (QED) is 0.859. The van der Waals surface area contributed by atoms with E-state index < -0.39 is 5.97 Å². The molecular weight excluding hydrogens is 283 g/mol. The summed E-state index contributed by atoms with van der Waals surface area (Å²) >= 11 is 0. The van der Waals surface area contributed by atoms with Crippen molar-refractivity contribution in [2.45, 2.75) is 12.8 Å². The number of hydrogen-bond acceptors (Lipinski definition) is 2. The Labute approximate surface area is 126 Å². The van der Waals surface area contributed by atoms with Crippen molar-refractivity contribution < 1.29 is 19.1 Å². The van der Waals surface area contributed by atoms with Crippen LogP contribution in [0.1, 0.15) is 38.3 Å². The van der Waals surface area contributed by atoms with E-state index in [2.05, 4.69) is 0 Å². The van der Waals surface area contributed by atoms with E-state index >= 15 is 0 Å². The number of carboxylic acids is 1. The van der Waals surface area contributed by atoms with Crippen molar-refractivity contribution in [2.24, 2.45) is 0 Å². The fourth-order valence-electron chi connectivity index (χ4n) is 2.61. The normalized spacial score (nSPS) is 15.7. The number of fused-ring (bicyclic) bond motifs is 1. The minimum Gasteiger partial charge on any atom is -0.478 e. The summed E-state index contributed by atoms with van der Waals surface area (Å²) in [5.74, 6) is -1.41. The van der Waals surface area contributed by atoms with Crippen LogP contribution in [0.4, 0.5) is 4.39 Å². The van der Waals surface area contributed by atoms with Crippen LogP contribution in [0.25, 0.3) is 6.08 Å². The van der Waals surface area contributed by atoms with E-state index in [4.69, 9.17) is 5.11 Å². The smallest absolute Gasteiger partial charge is 0.335 e. The van der Waals surface area contributed by atoms with Crippen LogP contribution in [0.2, 0.25) is 0 Å². The average molecular weight is 296 g/mol. The Balaban J connectivity index is 1.94. The van der Waals surface area contributed by atoms with E-state index in [1.807, 2.05) is 0 Å². The van der Waals surface area contributed by atoms with Crippen LogP contribution in [0, 0.1) is 5.82 Å². The van der Waals surface area contributed by atoms with Crippen LogP contribution >= 0.6 is 0 Å². The van der Waals surface area contributed by atoms with Gasteiger partial charge in [0.1, 0.15) is 5.82 Å². The minimum atomic E-state index is -0.997. The first-order valence-corrected chi connectivity index (χ1v) is 6.91. The van der Waals surface area contributed by atoms with Gasteiger partial charge in [0.25, 0.3) is 0 Å². The van der Waals surface area contributed by atoms with Crippen LogP contribution in [-0.4, -0.2) is 16.9 Å². The third-order valence-corrected chi connectivity index (χ3v) is 3.76. The largest absolute Gasteiger partial charge is 0.478 e. The Bertz CT molecular complexity index is 788. The molecule has 0 radical (unpaired) electrons. The number of Topliss-reactive ketones (excluding diaryl/α,β-unsaturated/α-hetero) is 1. The van der Waals surface area contributed by atoms with Gasteiger partial charge < -0.3 is 5.11 Å². The number of halogens is 1. The molecule has 4 heteroatoms. The van der Waals surface area contributed by atoms with E-state index in [0.717, 1.165) is 11.1 Å². The lowest BCUT2D eigenvalue weighted by Crippen LogP contribution is -2.15. The molecule has 0 amide bonds. The molecule has 0 spiro atoms. The predicted molar refractivity (Wildman–Crippen MR) is 80.4 cm³/mol. The Morgan fingerprint density at radius 3 is 2.50 bits per heavy atom. The molecule has 0 saturated heterocycles. The molecule has 0 fully saturated rings. The Morgan fingerprint density at radius 1 is 1.09 bits per heavy atom. The van der Waals surface area contributed by atoms with E-state index in [1.54, 1.807) is 30.3 Å². The van der Waals surface area contributed by atoms with Crippen LogP contribution in [0.5, 0.6) is 0 Å². The second-order valence-corrected chi connectivity index (χ2v) is 5.23. The molecule has 3 nitrogen and oxygen atoms in total. The third kappa shape index (κ3) is 2.68. The summed E-state index contributed by atoms with van der Waals surface area (Å²) in [4.78, 5) is 23.5. The van der Waals surface area contributed by atoms with Crippen molar-refractivity contribution in [1.82, 2.24) is 0 Å². The first-order valence-electron chi connectivity index (χ1n) is 6.91. The minimum absolute atomic E-state index is 0.0949. The SMILES string of the molecule is O=C(O)c1ccc2c(c1)CC/C(=C/c1ccc(F)cc1)C2=O. The molecule has 0 aromatic heterocycles. The number of aryl methyl sites for hydroxylation is 1.